The molecule has 0 amide bonds. The van der Waals surface area contributed by atoms with E-state index in [0.717, 1.165) is 59.5 Å². The van der Waals surface area contributed by atoms with Gasteiger partial charge >= 0.3 is 31.2 Å². The second-order valence-corrected chi connectivity index (χ2v) is 16.3. The van der Waals surface area contributed by atoms with Gasteiger partial charge in [0.15, 0.2) is 0 Å². The first-order valence-corrected chi connectivity index (χ1v) is 21.8. The number of anilines is 4. The zero-order chi connectivity index (χ0) is 41.0. The predicted octanol–water partition coefficient (Wildman–Crippen LogP) is -0.878. The van der Waals surface area contributed by atoms with Gasteiger partial charge in [-0.05, 0) is 75.2 Å². The van der Waals surface area contributed by atoms with Crippen molar-refractivity contribution in [2.45, 2.75) is 27.7 Å². The van der Waals surface area contributed by atoms with Gasteiger partial charge < -0.3 is 26.7 Å². The third kappa shape index (κ3) is 41.5. The summed E-state index contributed by atoms with van der Waals surface area (Å²) >= 11 is 0. The van der Waals surface area contributed by atoms with E-state index in [1.54, 1.807) is 0 Å². The fourth-order valence-corrected chi connectivity index (χ4v) is 4.31. The van der Waals surface area contributed by atoms with Gasteiger partial charge in [0.2, 0.25) is 20.0 Å². The molecule has 0 aliphatic rings. The number of aryl methyl sites for hydroxylation is 2. The highest BCUT2D eigenvalue weighted by atomic mass is 32.3. The molecule has 0 fully saturated rings. The first-order valence-electron chi connectivity index (χ1n) is 13.9. The van der Waals surface area contributed by atoms with Crippen molar-refractivity contribution in [3.8, 4) is 0 Å². The molecule has 0 heterocycles. The average Bonchev–Trinajstić information content (AvgIpc) is 2.89. The summed E-state index contributed by atoms with van der Waals surface area (Å²) in [6.07, 6.45) is 2.33. The zero-order valence-corrected chi connectivity index (χ0v) is 33.1. The topological polar surface area (TPSA) is 406 Å². The molecule has 52 heavy (non-hydrogen) atoms. The molecule has 0 spiro atoms. The van der Waals surface area contributed by atoms with E-state index in [2.05, 4.69) is 19.2 Å². The largest absolute Gasteiger partial charge is 0.412 e. The molecule has 0 saturated carbocycles. The van der Waals surface area contributed by atoms with Crippen LogP contribution in [0.1, 0.15) is 25.0 Å². The minimum atomic E-state index is -4.67. The molecule has 23 nitrogen and oxygen atoms in total. The van der Waals surface area contributed by atoms with Crippen molar-refractivity contribution in [3.05, 3.63) is 47.5 Å². The molecule has 0 unspecified atom stereocenters. The van der Waals surface area contributed by atoms with Gasteiger partial charge in [0, 0.05) is 62.0 Å². The van der Waals surface area contributed by atoms with E-state index < -0.39 is 51.2 Å². The summed E-state index contributed by atoms with van der Waals surface area (Å²) in [5.74, 6) is 0. The normalized spacial score (nSPS) is 11.3. The molecule has 308 valence electrons. The molecule has 0 atom stereocenters. The molecule has 2 rings (SSSR count). The Labute approximate surface area is 305 Å². The highest BCUT2D eigenvalue weighted by Gasteiger charge is 2.08. The van der Waals surface area contributed by atoms with Crippen LogP contribution in [0.15, 0.2) is 36.4 Å². The van der Waals surface area contributed by atoms with E-state index in [4.69, 9.17) is 64.0 Å². The predicted molar refractivity (Wildman–Crippen MR) is 199 cm³/mol. The standard InChI is InChI=1S/2C12H21N3O2S.3H2O4S.H2O/c2*1-4-15(8-7-14-18(3,16)17)11-5-6-12(13)10(2)9-11;3*1-5(2,3)4;/h2*5-6,9,14H,4,7-8,13H2,1-3H3;3*(H2,1,2,3,4);1H2. The molecule has 28 heteroatoms. The molecule has 0 aliphatic heterocycles. The van der Waals surface area contributed by atoms with Crippen molar-refractivity contribution in [1.82, 2.24) is 9.44 Å². The smallest absolute Gasteiger partial charge is 0.394 e. The van der Waals surface area contributed by atoms with Gasteiger partial charge in [0.25, 0.3) is 0 Å². The Morgan fingerprint density at radius 1 is 0.558 bits per heavy atom. The van der Waals surface area contributed by atoms with Gasteiger partial charge in [-0.15, -0.1) is 0 Å². The number of hydrogen-bond acceptors (Lipinski definition) is 14. The number of hydrogen-bond donors (Lipinski definition) is 10. The van der Waals surface area contributed by atoms with Gasteiger partial charge in [-0.3, -0.25) is 27.3 Å². The summed E-state index contributed by atoms with van der Waals surface area (Å²) < 4.78 is 144. The highest BCUT2D eigenvalue weighted by molar-refractivity contribution is 7.89. The fourth-order valence-electron chi connectivity index (χ4n) is 3.38. The number of likely N-dealkylation sites (N-methyl/N-ethyl adjacent to an activating group) is 2. The fraction of sp³-hybridized carbons (Fsp3) is 0.500. The second kappa shape index (κ2) is 25.1. The van der Waals surface area contributed by atoms with E-state index >= 15 is 0 Å². The van der Waals surface area contributed by atoms with Crippen molar-refractivity contribution in [2.24, 2.45) is 0 Å². The monoisotopic (exact) mass is 854 g/mol. The van der Waals surface area contributed by atoms with Gasteiger partial charge in [-0.2, -0.15) is 25.3 Å². The minimum Gasteiger partial charge on any atom is -0.412 e. The summed E-state index contributed by atoms with van der Waals surface area (Å²) in [6.45, 7) is 11.7. The lowest BCUT2D eigenvalue weighted by molar-refractivity contribution is 0.378. The molecule has 2 aromatic rings. The van der Waals surface area contributed by atoms with Crippen molar-refractivity contribution in [3.63, 3.8) is 0 Å². The number of nitrogens with one attached hydrogen (secondary N) is 2. The van der Waals surface area contributed by atoms with Crippen molar-refractivity contribution in [1.29, 1.82) is 0 Å². The van der Waals surface area contributed by atoms with Crippen LogP contribution in [0, 0.1) is 13.8 Å². The third-order valence-electron chi connectivity index (χ3n) is 5.49. The second-order valence-electron chi connectivity index (χ2n) is 9.92. The Balaban J connectivity index is -0.000000315. The van der Waals surface area contributed by atoms with E-state index in [-0.39, 0.29) is 5.48 Å². The maximum Gasteiger partial charge on any atom is 0.394 e. The maximum absolute atomic E-state index is 11.0. The molecule has 0 aliphatic carbocycles. The molecule has 0 saturated heterocycles. The molecule has 0 bridgehead atoms. The molecular formula is C24H50N6O17S5. The number of benzene rings is 2. The van der Waals surface area contributed by atoms with Crippen LogP contribution in [0.2, 0.25) is 0 Å². The summed E-state index contributed by atoms with van der Waals surface area (Å²) in [5, 5.41) is 0. The quantitative estimate of drug-likeness (QED) is 0.0915. The van der Waals surface area contributed by atoms with Crippen LogP contribution in [-0.4, -0.2) is 127 Å². The van der Waals surface area contributed by atoms with Crippen LogP contribution in [0.3, 0.4) is 0 Å². The third-order valence-corrected chi connectivity index (χ3v) is 6.95. The van der Waals surface area contributed by atoms with Gasteiger partial charge in [-0.25, -0.2) is 26.3 Å². The summed E-state index contributed by atoms with van der Waals surface area (Å²) in [4.78, 5) is 4.20. The molecule has 0 radical (unpaired) electrons. The first-order chi connectivity index (χ1) is 22.7. The summed E-state index contributed by atoms with van der Waals surface area (Å²) in [7, 11) is -20.2. The summed E-state index contributed by atoms with van der Waals surface area (Å²) in [5.41, 5.74) is 17.3. The van der Waals surface area contributed by atoms with Crippen LogP contribution < -0.4 is 30.7 Å². The Bertz CT molecular complexity index is 1710. The minimum absolute atomic E-state index is 0. The Morgan fingerprint density at radius 2 is 0.788 bits per heavy atom. The van der Waals surface area contributed by atoms with Crippen molar-refractivity contribution in [2.75, 3.05) is 73.0 Å². The zero-order valence-electron chi connectivity index (χ0n) is 29.1. The van der Waals surface area contributed by atoms with Crippen LogP contribution >= 0.6 is 0 Å². The average molecular weight is 855 g/mol. The number of rotatable bonds is 12. The van der Waals surface area contributed by atoms with E-state index in [0.29, 0.717) is 26.2 Å². The molecule has 0 aromatic heterocycles. The lowest BCUT2D eigenvalue weighted by atomic mass is 10.1. The van der Waals surface area contributed by atoms with Crippen LogP contribution in [0.4, 0.5) is 22.7 Å². The molecule has 2 aromatic carbocycles. The lowest BCUT2D eigenvalue weighted by Gasteiger charge is -2.23. The number of nitrogen functional groups attached to an aromatic ring is 2. The van der Waals surface area contributed by atoms with E-state index in [1.807, 2.05) is 64.1 Å². The van der Waals surface area contributed by atoms with Crippen LogP contribution in [0.25, 0.3) is 0 Å². The Hall–Kier alpha value is -2.97. The molecular weight excluding hydrogens is 805 g/mol. The highest BCUT2D eigenvalue weighted by Crippen LogP contribution is 2.21. The van der Waals surface area contributed by atoms with E-state index in [1.165, 1.54) is 0 Å². The SMILES string of the molecule is CCN(CCNS(C)(=O)=O)c1ccc(N)c(C)c1.CCN(CCNS(C)(=O)=O)c1ccc(N)c(C)c1.O.O=S(=O)(O)O.O=S(=O)(O)O.O=S(=O)(O)O. The number of nitrogens with zero attached hydrogens (tertiary/aromatic N) is 2. The van der Waals surface area contributed by atoms with Crippen molar-refractivity contribution < 1.29 is 74.9 Å². The summed E-state index contributed by atoms with van der Waals surface area (Å²) in [6, 6.07) is 11.7. The first kappa shape index (κ1) is 55.8. The van der Waals surface area contributed by atoms with Gasteiger partial charge in [0.05, 0.1) is 12.5 Å². The Kier molecular flexibility index (Phi) is 26.9. The van der Waals surface area contributed by atoms with Crippen molar-refractivity contribution >= 4 is 74.0 Å². The Morgan fingerprint density at radius 3 is 0.962 bits per heavy atom. The van der Waals surface area contributed by atoms with Gasteiger partial charge in [0.1, 0.15) is 0 Å². The number of nitrogens with two attached hydrogens (primary N) is 2. The maximum atomic E-state index is 11.0. The van der Waals surface area contributed by atoms with E-state index in [9.17, 15) is 16.8 Å². The van der Waals surface area contributed by atoms with Crippen LogP contribution in [-0.2, 0) is 51.2 Å². The van der Waals surface area contributed by atoms with Gasteiger partial charge in [-0.1, -0.05) is 0 Å². The molecule has 14 N–H and O–H groups in total. The number of sulfonamides is 2. The lowest BCUT2D eigenvalue weighted by Crippen LogP contribution is -2.34. The van der Waals surface area contributed by atoms with Crippen LogP contribution in [0.5, 0.6) is 0 Å².